The Morgan fingerprint density at radius 3 is 1.35 bits per heavy atom. The van der Waals surface area contributed by atoms with E-state index < -0.39 is 0 Å². The standard InChI is InChI=1S/C24H20ClFN4O.C24H20F2N4O/c1-30-23(31)21(17-6-8-19(26)9-7-17)22(18-10-13-27-14-11-18)29-24(30)28-15-12-16-4-2-3-5-20(16)25;1-30-23(31)21(17-4-8-20(26)9-5-17)22(18-11-13-27-14-12-18)29-24(30)28-15-10-16-2-6-19(25)7-3-16/h2-11,13-14H,12,15H2,1H3,(H,28,29);2-9,11-14H,10,15H2,1H3,(H,28,29). The lowest BCUT2D eigenvalue weighted by Gasteiger charge is -2.16. The van der Waals surface area contributed by atoms with Crippen LogP contribution in [0.2, 0.25) is 5.02 Å². The summed E-state index contributed by atoms with van der Waals surface area (Å²) in [6.07, 6.45) is 7.87. The second kappa shape index (κ2) is 19.8. The highest BCUT2D eigenvalue weighted by molar-refractivity contribution is 6.31. The van der Waals surface area contributed by atoms with E-state index in [9.17, 15) is 22.8 Å². The molecule has 4 aromatic carbocycles. The average Bonchev–Trinajstić information content (AvgIpc) is 3.29. The van der Waals surface area contributed by atoms with Gasteiger partial charge in [0.05, 0.1) is 22.5 Å². The van der Waals surface area contributed by atoms with Gasteiger partial charge in [0, 0.05) is 68.1 Å². The molecule has 0 amide bonds. The van der Waals surface area contributed by atoms with Crippen molar-refractivity contribution in [1.82, 2.24) is 29.1 Å². The number of nitrogens with one attached hydrogen (secondary N) is 2. The predicted octanol–water partition coefficient (Wildman–Crippen LogP) is 9.40. The summed E-state index contributed by atoms with van der Waals surface area (Å²) in [5.41, 5.74) is 5.96. The molecular weight excluding hydrogens is 813 g/mol. The van der Waals surface area contributed by atoms with Crippen LogP contribution in [0.15, 0.2) is 156 Å². The van der Waals surface area contributed by atoms with Crippen molar-refractivity contribution in [3.8, 4) is 44.8 Å². The van der Waals surface area contributed by atoms with Crippen LogP contribution < -0.4 is 21.8 Å². The molecule has 4 aromatic heterocycles. The van der Waals surface area contributed by atoms with Crippen LogP contribution in [0, 0.1) is 17.5 Å². The molecule has 8 rings (SSSR count). The molecule has 0 saturated carbocycles. The lowest BCUT2D eigenvalue weighted by atomic mass is 10.0. The fourth-order valence-electron chi connectivity index (χ4n) is 6.69. The molecule has 0 fully saturated rings. The summed E-state index contributed by atoms with van der Waals surface area (Å²) in [5.74, 6) is -0.173. The highest BCUT2D eigenvalue weighted by Gasteiger charge is 2.20. The highest BCUT2D eigenvalue weighted by Crippen LogP contribution is 2.30. The Kier molecular flexibility index (Phi) is 13.6. The second-order valence-electron chi connectivity index (χ2n) is 14.1. The minimum Gasteiger partial charge on any atom is -0.355 e. The van der Waals surface area contributed by atoms with E-state index in [0.717, 1.165) is 22.3 Å². The van der Waals surface area contributed by atoms with Gasteiger partial charge in [0.1, 0.15) is 17.5 Å². The van der Waals surface area contributed by atoms with Gasteiger partial charge in [-0.25, -0.2) is 23.1 Å². The van der Waals surface area contributed by atoms with Gasteiger partial charge in [-0.3, -0.25) is 28.7 Å². The normalized spacial score (nSPS) is 10.8. The van der Waals surface area contributed by atoms with Crippen molar-refractivity contribution in [3.63, 3.8) is 0 Å². The highest BCUT2D eigenvalue weighted by atomic mass is 35.5. The fourth-order valence-corrected chi connectivity index (χ4v) is 6.92. The molecule has 0 aliphatic heterocycles. The van der Waals surface area contributed by atoms with E-state index in [-0.39, 0.29) is 28.6 Å². The van der Waals surface area contributed by atoms with Crippen molar-refractivity contribution in [1.29, 1.82) is 0 Å². The minimum absolute atomic E-state index is 0.228. The van der Waals surface area contributed by atoms with E-state index >= 15 is 0 Å². The molecule has 4 heterocycles. The SMILES string of the molecule is Cn1c(NCCc2ccc(F)cc2)nc(-c2ccncc2)c(-c2ccc(F)cc2)c1=O.Cn1c(NCCc2ccccc2Cl)nc(-c2ccncc2)c(-c2ccc(F)cc2)c1=O. The Balaban J connectivity index is 0.000000186. The van der Waals surface area contributed by atoms with Crippen molar-refractivity contribution in [2.75, 3.05) is 23.7 Å². The molecule has 14 heteroatoms. The number of benzene rings is 4. The molecule has 0 aliphatic rings. The maximum atomic E-state index is 13.5. The summed E-state index contributed by atoms with van der Waals surface area (Å²) in [7, 11) is 3.30. The first-order valence-electron chi connectivity index (χ1n) is 19.6. The van der Waals surface area contributed by atoms with Gasteiger partial charge >= 0.3 is 0 Å². The maximum Gasteiger partial charge on any atom is 0.263 e. The van der Waals surface area contributed by atoms with E-state index in [4.69, 9.17) is 21.6 Å². The Bertz CT molecular complexity index is 2900. The van der Waals surface area contributed by atoms with E-state index in [1.54, 1.807) is 99.5 Å². The molecule has 312 valence electrons. The second-order valence-corrected chi connectivity index (χ2v) is 14.5. The molecule has 0 radical (unpaired) electrons. The van der Waals surface area contributed by atoms with Crippen LogP contribution in [0.3, 0.4) is 0 Å². The first kappa shape index (κ1) is 42.7. The first-order chi connectivity index (χ1) is 30.1. The summed E-state index contributed by atoms with van der Waals surface area (Å²) in [4.78, 5) is 44.1. The van der Waals surface area contributed by atoms with E-state index in [1.807, 2.05) is 24.3 Å². The Hall–Kier alpha value is -7.38. The van der Waals surface area contributed by atoms with Crippen LogP contribution in [-0.4, -0.2) is 42.2 Å². The van der Waals surface area contributed by atoms with Crippen molar-refractivity contribution in [2.24, 2.45) is 14.1 Å². The zero-order chi connectivity index (χ0) is 43.6. The summed E-state index contributed by atoms with van der Waals surface area (Å²) in [6.45, 7) is 1.06. The van der Waals surface area contributed by atoms with Crippen molar-refractivity contribution < 1.29 is 13.2 Å². The molecular formula is C48H40ClF3N8O2. The van der Waals surface area contributed by atoms with Crippen molar-refractivity contribution >= 4 is 23.5 Å². The number of nitrogens with zero attached hydrogens (tertiary/aromatic N) is 6. The van der Waals surface area contributed by atoms with Gasteiger partial charge < -0.3 is 10.6 Å². The molecule has 10 nitrogen and oxygen atoms in total. The number of hydrogen-bond donors (Lipinski definition) is 2. The number of hydrogen-bond acceptors (Lipinski definition) is 8. The largest absolute Gasteiger partial charge is 0.355 e. The summed E-state index contributed by atoms with van der Waals surface area (Å²) in [6, 6.07) is 32.7. The molecule has 2 N–H and O–H groups in total. The third-order valence-electron chi connectivity index (χ3n) is 10.0. The smallest absolute Gasteiger partial charge is 0.263 e. The number of rotatable bonds is 12. The number of aromatic nitrogens is 6. The first-order valence-corrected chi connectivity index (χ1v) is 20.0. The molecule has 8 aromatic rings. The number of halogens is 4. The average molecular weight is 853 g/mol. The molecule has 0 saturated heterocycles. The van der Waals surface area contributed by atoms with Gasteiger partial charge in [0.25, 0.3) is 11.1 Å². The summed E-state index contributed by atoms with van der Waals surface area (Å²) in [5, 5.41) is 7.15. The maximum absolute atomic E-state index is 13.5. The van der Waals surface area contributed by atoms with Gasteiger partial charge in [-0.1, -0.05) is 66.2 Å². The van der Waals surface area contributed by atoms with Gasteiger partial charge in [0.2, 0.25) is 11.9 Å². The zero-order valence-corrected chi connectivity index (χ0v) is 34.5. The molecule has 0 atom stereocenters. The lowest BCUT2D eigenvalue weighted by Crippen LogP contribution is -2.25. The summed E-state index contributed by atoms with van der Waals surface area (Å²) < 4.78 is 42.9. The summed E-state index contributed by atoms with van der Waals surface area (Å²) >= 11 is 6.24. The van der Waals surface area contributed by atoms with Gasteiger partial charge in [0.15, 0.2) is 0 Å². The third kappa shape index (κ3) is 10.1. The molecule has 0 unspecified atom stereocenters. The van der Waals surface area contributed by atoms with E-state index in [1.165, 1.54) is 45.5 Å². The number of anilines is 2. The van der Waals surface area contributed by atoms with Gasteiger partial charge in [-0.15, -0.1) is 0 Å². The number of pyridine rings is 2. The Labute approximate surface area is 360 Å². The van der Waals surface area contributed by atoms with E-state index in [2.05, 4.69) is 20.6 Å². The Morgan fingerprint density at radius 2 is 0.919 bits per heavy atom. The quantitative estimate of drug-likeness (QED) is 0.125. The predicted molar refractivity (Wildman–Crippen MR) is 238 cm³/mol. The molecule has 0 aliphatic carbocycles. The van der Waals surface area contributed by atoms with Crippen LogP contribution in [0.25, 0.3) is 44.8 Å². The Morgan fingerprint density at radius 1 is 0.516 bits per heavy atom. The zero-order valence-electron chi connectivity index (χ0n) is 33.7. The molecule has 0 spiro atoms. The van der Waals surface area contributed by atoms with Gasteiger partial charge in [-0.2, -0.15) is 0 Å². The van der Waals surface area contributed by atoms with Crippen LogP contribution in [0.4, 0.5) is 25.1 Å². The topological polar surface area (TPSA) is 120 Å². The van der Waals surface area contributed by atoms with Crippen LogP contribution in [0.1, 0.15) is 11.1 Å². The molecule has 0 bridgehead atoms. The van der Waals surface area contributed by atoms with Crippen LogP contribution in [0.5, 0.6) is 0 Å². The van der Waals surface area contributed by atoms with Crippen LogP contribution in [-0.2, 0) is 26.9 Å². The van der Waals surface area contributed by atoms with Crippen molar-refractivity contribution in [3.05, 3.63) is 200 Å². The van der Waals surface area contributed by atoms with Crippen LogP contribution >= 0.6 is 11.6 Å². The lowest BCUT2D eigenvalue weighted by molar-refractivity contribution is 0.627. The third-order valence-corrected chi connectivity index (χ3v) is 10.4. The van der Waals surface area contributed by atoms with E-state index in [0.29, 0.717) is 76.5 Å². The van der Waals surface area contributed by atoms with Gasteiger partial charge in [-0.05, 0) is 102 Å². The fraction of sp³-hybridized carbons (Fsp3) is 0.125. The monoisotopic (exact) mass is 852 g/mol. The minimum atomic E-state index is -0.377. The molecule has 62 heavy (non-hydrogen) atoms. The van der Waals surface area contributed by atoms with Crippen molar-refractivity contribution in [2.45, 2.75) is 12.8 Å².